The largest absolute Gasteiger partial charge is 0.462 e. The van der Waals surface area contributed by atoms with Crippen LogP contribution in [0.3, 0.4) is 0 Å². The molecule has 0 bridgehead atoms. The number of ether oxygens (including phenoxy) is 2. The first-order valence-corrected chi connectivity index (χ1v) is 10.1. The van der Waals surface area contributed by atoms with Crippen molar-refractivity contribution < 1.29 is 23.9 Å². The molecule has 6 nitrogen and oxygen atoms in total. The van der Waals surface area contributed by atoms with Crippen LogP contribution in [-0.2, 0) is 14.3 Å². The maximum Gasteiger partial charge on any atom is 0.348 e. The Morgan fingerprint density at radius 3 is 2.36 bits per heavy atom. The van der Waals surface area contributed by atoms with Crippen LogP contribution in [0.1, 0.15) is 57.3 Å². The molecule has 0 radical (unpaired) electrons. The van der Waals surface area contributed by atoms with Crippen LogP contribution in [0.15, 0.2) is 30.3 Å². The van der Waals surface area contributed by atoms with Crippen molar-refractivity contribution in [2.45, 2.75) is 33.1 Å². The minimum atomic E-state index is -0.558. The molecule has 1 aromatic heterocycles. The summed E-state index contributed by atoms with van der Waals surface area (Å²) in [4.78, 5) is 37.7. The molecule has 0 saturated heterocycles. The lowest BCUT2D eigenvalue weighted by molar-refractivity contribution is -0.117. The van der Waals surface area contributed by atoms with Gasteiger partial charge in [-0.15, -0.1) is 11.3 Å². The van der Waals surface area contributed by atoms with Crippen molar-refractivity contribution in [3.63, 3.8) is 0 Å². The summed E-state index contributed by atoms with van der Waals surface area (Å²) in [6, 6.07) is 9.87. The second kappa shape index (κ2) is 8.56. The van der Waals surface area contributed by atoms with E-state index >= 15 is 0 Å². The number of carbonyl (C=O) groups is 3. The van der Waals surface area contributed by atoms with Crippen LogP contribution in [0.2, 0.25) is 0 Å². The van der Waals surface area contributed by atoms with Crippen molar-refractivity contribution in [1.29, 1.82) is 0 Å². The Hall–Kier alpha value is -2.67. The highest BCUT2D eigenvalue weighted by Gasteiger charge is 2.44. The molecule has 1 heterocycles. The van der Waals surface area contributed by atoms with Crippen LogP contribution < -0.4 is 5.32 Å². The monoisotopic (exact) mass is 401 g/mol. The topological polar surface area (TPSA) is 81.7 Å². The van der Waals surface area contributed by atoms with E-state index in [0.717, 1.165) is 23.3 Å². The number of thiophene rings is 1. The van der Waals surface area contributed by atoms with Gasteiger partial charge in [0.25, 0.3) is 0 Å². The number of amides is 1. The summed E-state index contributed by atoms with van der Waals surface area (Å²) in [5, 5.41) is 3.18. The van der Waals surface area contributed by atoms with Crippen LogP contribution >= 0.6 is 11.3 Å². The zero-order chi connectivity index (χ0) is 20.3. The smallest absolute Gasteiger partial charge is 0.348 e. The van der Waals surface area contributed by atoms with Crippen molar-refractivity contribution in [3.05, 3.63) is 51.9 Å². The first-order valence-electron chi connectivity index (χ1n) is 9.31. The average Bonchev–Trinajstić information content (AvgIpc) is 3.41. The second-order valence-corrected chi connectivity index (χ2v) is 7.57. The van der Waals surface area contributed by atoms with Gasteiger partial charge in [-0.05, 0) is 44.2 Å². The average molecular weight is 401 g/mol. The maximum atomic E-state index is 12.7. The lowest BCUT2D eigenvalue weighted by Gasteiger charge is -2.07. The zero-order valence-corrected chi connectivity index (χ0v) is 16.9. The molecule has 1 fully saturated rings. The summed E-state index contributed by atoms with van der Waals surface area (Å²) in [6.45, 7) is 5.52. The van der Waals surface area contributed by atoms with E-state index in [2.05, 4.69) is 5.32 Å². The first kappa shape index (κ1) is 20.1. The van der Waals surface area contributed by atoms with Gasteiger partial charge in [0.2, 0.25) is 5.91 Å². The van der Waals surface area contributed by atoms with E-state index in [1.165, 1.54) is 0 Å². The van der Waals surface area contributed by atoms with E-state index in [4.69, 9.17) is 9.47 Å². The molecule has 28 heavy (non-hydrogen) atoms. The fraction of sp³-hybridized carbons (Fsp3) is 0.381. The Morgan fingerprint density at radius 2 is 1.71 bits per heavy atom. The van der Waals surface area contributed by atoms with Gasteiger partial charge in [0.15, 0.2) is 0 Å². The van der Waals surface area contributed by atoms with E-state index in [-0.39, 0.29) is 36.5 Å². The highest BCUT2D eigenvalue weighted by molar-refractivity contribution is 7.18. The molecule has 1 amide bonds. The summed E-state index contributed by atoms with van der Waals surface area (Å²) < 4.78 is 10.2. The standard InChI is InChI=1S/C21H23NO5S/c1-4-26-20(24)16-12(3)17(21(25)27-5-2)28-19(16)22-18(23)15-11-14(15)13-9-7-6-8-10-13/h6-10,14-15H,4-5,11H2,1-3H3,(H,22,23)/t14-,15-/m1/s1. The molecule has 0 aliphatic heterocycles. The van der Waals surface area contributed by atoms with Crippen molar-refractivity contribution in [3.8, 4) is 0 Å². The molecule has 1 aliphatic carbocycles. The lowest BCUT2D eigenvalue weighted by Crippen LogP contribution is -2.16. The summed E-state index contributed by atoms with van der Waals surface area (Å²) in [5.41, 5.74) is 1.82. The highest BCUT2D eigenvalue weighted by Crippen LogP contribution is 2.48. The highest BCUT2D eigenvalue weighted by atomic mass is 32.1. The summed E-state index contributed by atoms with van der Waals surface area (Å²) in [6.07, 6.45) is 0.764. The van der Waals surface area contributed by atoms with Crippen LogP contribution in [0.25, 0.3) is 0 Å². The normalized spacial score (nSPS) is 17.7. The molecular weight excluding hydrogens is 378 g/mol. The SMILES string of the molecule is CCOC(=O)c1sc(NC(=O)[C@@H]2C[C@@H]2c2ccccc2)c(C(=O)OCC)c1C. The van der Waals surface area contributed by atoms with Gasteiger partial charge in [0.1, 0.15) is 9.88 Å². The number of nitrogens with one attached hydrogen (secondary N) is 1. The van der Waals surface area contributed by atoms with Crippen molar-refractivity contribution in [2.75, 3.05) is 18.5 Å². The quantitative estimate of drug-likeness (QED) is 0.705. The van der Waals surface area contributed by atoms with Gasteiger partial charge in [-0.3, -0.25) is 4.79 Å². The van der Waals surface area contributed by atoms with Crippen molar-refractivity contribution >= 4 is 34.2 Å². The summed E-state index contributed by atoms with van der Waals surface area (Å²) >= 11 is 1.05. The molecule has 148 valence electrons. The summed E-state index contributed by atoms with van der Waals surface area (Å²) in [7, 11) is 0. The fourth-order valence-electron chi connectivity index (χ4n) is 3.20. The van der Waals surface area contributed by atoms with E-state index in [1.54, 1.807) is 20.8 Å². The third-order valence-corrected chi connectivity index (χ3v) is 5.87. The fourth-order valence-corrected chi connectivity index (χ4v) is 4.29. The summed E-state index contributed by atoms with van der Waals surface area (Å²) in [5.74, 6) is -1.19. The molecule has 1 aliphatic rings. The van der Waals surface area contributed by atoms with Crippen LogP contribution in [-0.4, -0.2) is 31.1 Å². The number of carbonyl (C=O) groups excluding carboxylic acids is 3. The lowest BCUT2D eigenvalue weighted by atomic mass is 10.1. The molecule has 0 spiro atoms. The zero-order valence-electron chi connectivity index (χ0n) is 16.1. The molecule has 2 aromatic rings. The molecule has 1 N–H and O–H groups in total. The third-order valence-electron chi connectivity index (χ3n) is 4.68. The van der Waals surface area contributed by atoms with Gasteiger partial charge in [-0.25, -0.2) is 9.59 Å². The Kier molecular flexibility index (Phi) is 6.14. The number of rotatable bonds is 7. The molecule has 1 aromatic carbocycles. The van der Waals surface area contributed by atoms with Crippen molar-refractivity contribution in [1.82, 2.24) is 0 Å². The minimum absolute atomic E-state index is 0.147. The number of hydrogen-bond acceptors (Lipinski definition) is 6. The predicted molar refractivity (Wildman–Crippen MR) is 107 cm³/mol. The van der Waals surface area contributed by atoms with Crippen LogP contribution in [0.4, 0.5) is 5.00 Å². The van der Waals surface area contributed by atoms with Gasteiger partial charge < -0.3 is 14.8 Å². The van der Waals surface area contributed by atoms with Gasteiger partial charge in [-0.2, -0.15) is 0 Å². The molecular formula is C21H23NO5S. The Balaban J connectivity index is 1.82. The van der Waals surface area contributed by atoms with Crippen molar-refractivity contribution in [2.24, 2.45) is 5.92 Å². The van der Waals surface area contributed by atoms with Gasteiger partial charge in [0, 0.05) is 5.92 Å². The molecule has 7 heteroatoms. The van der Waals surface area contributed by atoms with E-state index in [0.29, 0.717) is 15.4 Å². The Morgan fingerprint density at radius 1 is 1.07 bits per heavy atom. The first-order chi connectivity index (χ1) is 13.5. The number of esters is 2. The van der Waals surface area contributed by atoms with Gasteiger partial charge in [0.05, 0.1) is 18.8 Å². The molecule has 1 saturated carbocycles. The van der Waals surface area contributed by atoms with E-state index in [1.807, 2.05) is 30.3 Å². The molecule has 3 rings (SSSR count). The van der Waals surface area contributed by atoms with Gasteiger partial charge in [-0.1, -0.05) is 30.3 Å². The van der Waals surface area contributed by atoms with Gasteiger partial charge >= 0.3 is 11.9 Å². The Labute approximate surface area is 167 Å². The number of hydrogen-bond donors (Lipinski definition) is 1. The number of benzene rings is 1. The van der Waals surface area contributed by atoms with Crippen LogP contribution in [0.5, 0.6) is 0 Å². The second-order valence-electron chi connectivity index (χ2n) is 6.55. The number of anilines is 1. The maximum absolute atomic E-state index is 12.7. The Bertz CT molecular complexity index is 890. The molecule has 2 atom stereocenters. The van der Waals surface area contributed by atoms with E-state index in [9.17, 15) is 14.4 Å². The minimum Gasteiger partial charge on any atom is -0.462 e. The molecule has 0 unspecified atom stereocenters. The third kappa shape index (κ3) is 4.09. The predicted octanol–water partition coefficient (Wildman–Crippen LogP) is 4.15. The van der Waals surface area contributed by atoms with Crippen LogP contribution in [0, 0.1) is 12.8 Å². The van der Waals surface area contributed by atoms with E-state index < -0.39 is 11.9 Å².